The van der Waals surface area contributed by atoms with Gasteiger partial charge < -0.3 is 14.8 Å². The van der Waals surface area contributed by atoms with E-state index in [1.54, 1.807) is 7.11 Å². The van der Waals surface area contributed by atoms with Crippen LogP contribution in [0.2, 0.25) is 0 Å². The van der Waals surface area contributed by atoms with Crippen molar-refractivity contribution in [2.24, 2.45) is 0 Å². The van der Waals surface area contributed by atoms with Crippen molar-refractivity contribution in [1.29, 1.82) is 0 Å². The van der Waals surface area contributed by atoms with Gasteiger partial charge in [-0.3, -0.25) is 0 Å². The number of benzene rings is 1. The van der Waals surface area contributed by atoms with E-state index in [-0.39, 0.29) is 0 Å². The molecule has 1 aliphatic rings. The van der Waals surface area contributed by atoms with Crippen LogP contribution in [0.4, 0.5) is 0 Å². The van der Waals surface area contributed by atoms with E-state index in [1.807, 2.05) is 12.1 Å². The van der Waals surface area contributed by atoms with Gasteiger partial charge in [-0.25, -0.2) is 0 Å². The minimum absolute atomic E-state index is 0.521. The lowest BCUT2D eigenvalue weighted by molar-refractivity contribution is 0.0603. The van der Waals surface area contributed by atoms with Gasteiger partial charge in [-0.2, -0.15) is 0 Å². The lowest BCUT2D eigenvalue weighted by atomic mass is 10.2. The molecule has 0 unspecified atom stereocenters. The molecule has 0 amide bonds. The van der Waals surface area contributed by atoms with Crippen molar-refractivity contribution < 1.29 is 9.47 Å². The van der Waals surface area contributed by atoms with E-state index in [0.717, 1.165) is 25.4 Å². The quantitative estimate of drug-likeness (QED) is 0.754. The van der Waals surface area contributed by atoms with Gasteiger partial charge >= 0.3 is 0 Å². The Hall–Kier alpha value is -1.06. The van der Waals surface area contributed by atoms with E-state index in [2.05, 4.69) is 17.4 Å². The summed E-state index contributed by atoms with van der Waals surface area (Å²) in [5.74, 6) is 0.906. The summed E-state index contributed by atoms with van der Waals surface area (Å²) >= 11 is 0. The second-order valence-electron chi connectivity index (χ2n) is 4.80. The third kappa shape index (κ3) is 4.31. The van der Waals surface area contributed by atoms with Gasteiger partial charge in [0.1, 0.15) is 5.75 Å². The number of hydrogen-bond acceptors (Lipinski definition) is 3. The molecule has 0 spiro atoms. The Bertz CT molecular complexity index is 331. The van der Waals surface area contributed by atoms with Gasteiger partial charge in [0.15, 0.2) is 0 Å². The van der Waals surface area contributed by atoms with Crippen molar-refractivity contribution in [3.8, 4) is 5.75 Å². The Morgan fingerprint density at radius 3 is 2.56 bits per heavy atom. The van der Waals surface area contributed by atoms with E-state index in [0.29, 0.717) is 6.10 Å². The van der Waals surface area contributed by atoms with Crippen molar-refractivity contribution in [2.45, 2.75) is 38.3 Å². The van der Waals surface area contributed by atoms with E-state index < -0.39 is 0 Å². The van der Waals surface area contributed by atoms with Crippen molar-refractivity contribution in [2.75, 3.05) is 20.3 Å². The zero-order valence-electron chi connectivity index (χ0n) is 11.2. The standard InChI is InChI=1S/C15H23NO2/c1-17-14-8-6-13(7-9-14)12-16-10-11-18-15-4-2-3-5-15/h6-9,15-16H,2-5,10-12H2,1H3. The summed E-state index contributed by atoms with van der Waals surface area (Å²) in [5.41, 5.74) is 1.27. The maximum absolute atomic E-state index is 5.79. The largest absolute Gasteiger partial charge is 0.497 e. The molecule has 2 rings (SSSR count). The Morgan fingerprint density at radius 2 is 1.89 bits per heavy atom. The van der Waals surface area contributed by atoms with E-state index >= 15 is 0 Å². The summed E-state index contributed by atoms with van der Waals surface area (Å²) in [6.07, 6.45) is 5.69. The molecule has 3 heteroatoms. The van der Waals surface area contributed by atoms with Gasteiger partial charge in [-0.15, -0.1) is 0 Å². The minimum Gasteiger partial charge on any atom is -0.497 e. The number of nitrogens with one attached hydrogen (secondary N) is 1. The van der Waals surface area contributed by atoms with Crippen molar-refractivity contribution in [3.05, 3.63) is 29.8 Å². The molecule has 1 N–H and O–H groups in total. The molecule has 0 atom stereocenters. The third-order valence-corrected chi connectivity index (χ3v) is 3.42. The molecule has 100 valence electrons. The second kappa shape index (κ2) is 7.39. The Balaban J connectivity index is 1.56. The maximum Gasteiger partial charge on any atom is 0.118 e. The van der Waals surface area contributed by atoms with Gasteiger partial charge in [0.25, 0.3) is 0 Å². The van der Waals surface area contributed by atoms with Crippen LogP contribution in [0.3, 0.4) is 0 Å². The average Bonchev–Trinajstić information content (AvgIpc) is 2.92. The lowest BCUT2D eigenvalue weighted by Crippen LogP contribution is -2.21. The molecule has 0 radical (unpaired) electrons. The van der Waals surface area contributed by atoms with E-state index in [9.17, 15) is 0 Å². The van der Waals surface area contributed by atoms with Gasteiger partial charge in [0.2, 0.25) is 0 Å². The number of rotatable bonds is 7. The van der Waals surface area contributed by atoms with Crippen LogP contribution in [0.5, 0.6) is 5.75 Å². The highest BCUT2D eigenvalue weighted by Gasteiger charge is 2.14. The van der Waals surface area contributed by atoms with Crippen LogP contribution in [0.1, 0.15) is 31.2 Å². The summed E-state index contributed by atoms with van der Waals surface area (Å²) in [5, 5.41) is 3.40. The molecular weight excluding hydrogens is 226 g/mol. The fourth-order valence-electron chi connectivity index (χ4n) is 2.33. The van der Waals surface area contributed by atoms with Crippen molar-refractivity contribution in [1.82, 2.24) is 5.32 Å². The molecule has 3 nitrogen and oxygen atoms in total. The molecule has 1 saturated carbocycles. The van der Waals surface area contributed by atoms with Crippen LogP contribution >= 0.6 is 0 Å². The maximum atomic E-state index is 5.79. The van der Waals surface area contributed by atoms with Crippen LogP contribution in [0.25, 0.3) is 0 Å². The number of ether oxygens (including phenoxy) is 2. The van der Waals surface area contributed by atoms with Crippen molar-refractivity contribution in [3.63, 3.8) is 0 Å². The first-order valence-electron chi connectivity index (χ1n) is 6.84. The predicted octanol–water partition coefficient (Wildman–Crippen LogP) is 2.74. The fraction of sp³-hybridized carbons (Fsp3) is 0.600. The Labute approximate surface area is 109 Å². The molecular formula is C15H23NO2. The molecule has 0 bridgehead atoms. The normalized spacial score (nSPS) is 16.1. The summed E-state index contributed by atoms with van der Waals surface area (Å²) < 4.78 is 10.9. The SMILES string of the molecule is COc1ccc(CNCCOC2CCCC2)cc1. The summed E-state index contributed by atoms with van der Waals surface area (Å²) in [4.78, 5) is 0. The molecule has 0 saturated heterocycles. The summed E-state index contributed by atoms with van der Waals surface area (Å²) in [7, 11) is 1.69. The van der Waals surface area contributed by atoms with Gasteiger partial charge in [-0.1, -0.05) is 25.0 Å². The first-order valence-corrected chi connectivity index (χ1v) is 6.84. The van der Waals surface area contributed by atoms with Crippen LogP contribution in [-0.4, -0.2) is 26.4 Å². The molecule has 1 aromatic carbocycles. The highest BCUT2D eigenvalue weighted by molar-refractivity contribution is 5.26. The summed E-state index contributed by atoms with van der Waals surface area (Å²) in [6.45, 7) is 2.63. The number of methoxy groups -OCH3 is 1. The van der Waals surface area contributed by atoms with Crippen LogP contribution in [-0.2, 0) is 11.3 Å². The zero-order chi connectivity index (χ0) is 12.6. The molecule has 0 heterocycles. The zero-order valence-corrected chi connectivity index (χ0v) is 11.2. The molecule has 1 aromatic rings. The first-order chi connectivity index (χ1) is 8.88. The lowest BCUT2D eigenvalue weighted by Gasteiger charge is -2.11. The number of hydrogen-bond donors (Lipinski definition) is 1. The fourth-order valence-corrected chi connectivity index (χ4v) is 2.33. The predicted molar refractivity (Wildman–Crippen MR) is 72.9 cm³/mol. The monoisotopic (exact) mass is 249 g/mol. The van der Waals surface area contributed by atoms with E-state index in [4.69, 9.17) is 9.47 Å². The first kappa shape index (κ1) is 13.4. The van der Waals surface area contributed by atoms with Crippen LogP contribution < -0.4 is 10.1 Å². The molecule has 1 fully saturated rings. The molecule has 1 aliphatic carbocycles. The highest BCUT2D eigenvalue weighted by atomic mass is 16.5. The summed E-state index contributed by atoms with van der Waals surface area (Å²) in [6, 6.07) is 8.16. The molecule has 18 heavy (non-hydrogen) atoms. The van der Waals surface area contributed by atoms with Gasteiger partial charge in [0, 0.05) is 13.1 Å². The van der Waals surface area contributed by atoms with Crippen LogP contribution in [0, 0.1) is 0 Å². The van der Waals surface area contributed by atoms with Crippen LogP contribution in [0.15, 0.2) is 24.3 Å². The second-order valence-corrected chi connectivity index (χ2v) is 4.80. The smallest absolute Gasteiger partial charge is 0.118 e. The van der Waals surface area contributed by atoms with Crippen molar-refractivity contribution >= 4 is 0 Å². The Morgan fingerprint density at radius 1 is 1.17 bits per heavy atom. The molecule has 0 aromatic heterocycles. The minimum atomic E-state index is 0.521. The highest BCUT2D eigenvalue weighted by Crippen LogP contribution is 2.20. The Kier molecular flexibility index (Phi) is 5.49. The molecule has 0 aliphatic heterocycles. The third-order valence-electron chi connectivity index (χ3n) is 3.42. The van der Waals surface area contributed by atoms with Gasteiger partial charge in [-0.05, 0) is 30.5 Å². The van der Waals surface area contributed by atoms with Gasteiger partial charge in [0.05, 0.1) is 19.8 Å². The average molecular weight is 249 g/mol. The van der Waals surface area contributed by atoms with E-state index in [1.165, 1.54) is 31.2 Å². The topological polar surface area (TPSA) is 30.5 Å².